The van der Waals surface area contributed by atoms with E-state index in [0.29, 0.717) is 6.42 Å². The number of hydrogen-bond donors (Lipinski definition) is 1. The van der Waals surface area contributed by atoms with E-state index < -0.39 is 28.2 Å². The molecule has 1 N–H and O–H groups in total. The molecule has 0 amide bonds. The number of hydrogen-bond acceptors (Lipinski definition) is 5. The molecule has 1 aliphatic rings. The van der Waals surface area contributed by atoms with Crippen LogP contribution in [0.3, 0.4) is 0 Å². The normalized spacial score (nSPS) is 28.1. The van der Waals surface area contributed by atoms with Crippen molar-refractivity contribution in [3.05, 3.63) is 0 Å². The van der Waals surface area contributed by atoms with Crippen molar-refractivity contribution >= 4 is 22.6 Å². The first-order valence-corrected chi connectivity index (χ1v) is 15.8. The molecule has 0 heterocycles. The first kappa shape index (κ1) is 24.8. The first-order valence-electron chi connectivity index (χ1n) is 10.0. The molecule has 7 heteroatoms. The maximum Gasteiger partial charge on any atom is 0.338 e. The van der Waals surface area contributed by atoms with Crippen molar-refractivity contribution in [2.75, 3.05) is 7.11 Å². The fourth-order valence-electron chi connectivity index (χ4n) is 3.02. The summed E-state index contributed by atoms with van der Waals surface area (Å²) in [7, 11) is -2.74. The predicted molar refractivity (Wildman–Crippen MR) is 115 cm³/mol. The Hall–Kier alpha value is -0.216. The Labute approximate surface area is 168 Å². The van der Waals surface area contributed by atoms with Gasteiger partial charge in [-0.3, -0.25) is 0 Å². The minimum absolute atomic E-state index is 0.0591. The lowest BCUT2D eigenvalue weighted by Crippen LogP contribution is -2.56. The van der Waals surface area contributed by atoms with Gasteiger partial charge in [-0.1, -0.05) is 41.5 Å². The molecular formula is C20H42O5Si2. The molecule has 27 heavy (non-hydrogen) atoms. The molecule has 0 saturated heterocycles. The van der Waals surface area contributed by atoms with Crippen LogP contribution in [-0.4, -0.2) is 52.6 Å². The highest BCUT2D eigenvalue weighted by Crippen LogP contribution is 2.44. The van der Waals surface area contributed by atoms with Crippen LogP contribution in [0.1, 0.15) is 60.8 Å². The van der Waals surface area contributed by atoms with Gasteiger partial charge in [-0.15, -0.1) is 0 Å². The number of rotatable bonds is 5. The number of methoxy groups -OCH3 is 1. The average Bonchev–Trinajstić information content (AvgIpc) is 2.42. The van der Waals surface area contributed by atoms with Crippen molar-refractivity contribution in [1.29, 1.82) is 0 Å². The topological polar surface area (TPSA) is 65.0 Å². The Morgan fingerprint density at radius 2 is 1.22 bits per heavy atom. The number of esters is 1. The van der Waals surface area contributed by atoms with Crippen molar-refractivity contribution in [2.24, 2.45) is 0 Å². The largest absolute Gasteiger partial charge is 0.467 e. The lowest BCUT2D eigenvalue weighted by atomic mass is 9.81. The van der Waals surface area contributed by atoms with Gasteiger partial charge in [-0.2, -0.15) is 0 Å². The summed E-state index contributed by atoms with van der Waals surface area (Å²) in [6.07, 6.45) is 0.822. The molecule has 1 fully saturated rings. The summed E-state index contributed by atoms with van der Waals surface area (Å²) in [4.78, 5) is 12.3. The van der Waals surface area contributed by atoms with E-state index in [-0.39, 0.29) is 35.1 Å². The molecule has 160 valence electrons. The number of carbonyl (C=O) groups is 1. The van der Waals surface area contributed by atoms with E-state index in [2.05, 4.69) is 67.7 Å². The maximum atomic E-state index is 12.3. The molecule has 0 aromatic carbocycles. The van der Waals surface area contributed by atoms with E-state index >= 15 is 0 Å². The van der Waals surface area contributed by atoms with Gasteiger partial charge in [0.1, 0.15) is 0 Å². The molecule has 2 atom stereocenters. The lowest BCUT2D eigenvalue weighted by molar-refractivity contribution is -0.174. The monoisotopic (exact) mass is 418 g/mol. The summed E-state index contributed by atoms with van der Waals surface area (Å²) in [6.45, 7) is 21.9. The van der Waals surface area contributed by atoms with E-state index in [1.165, 1.54) is 7.11 Å². The summed E-state index contributed by atoms with van der Waals surface area (Å²) in [5.41, 5.74) is -1.55. The summed E-state index contributed by atoms with van der Waals surface area (Å²) < 4.78 is 18.0. The van der Waals surface area contributed by atoms with Crippen LogP contribution in [0, 0.1) is 0 Å². The van der Waals surface area contributed by atoms with Crippen molar-refractivity contribution < 1.29 is 23.5 Å². The molecule has 1 aliphatic carbocycles. The summed E-state index contributed by atoms with van der Waals surface area (Å²) in [5.74, 6) is -0.588. The molecule has 1 saturated carbocycles. The molecular weight excluding hydrogens is 376 g/mol. The zero-order chi connectivity index (χ0) is 21.5. The smallest absolute Gasteiger partial charge is 0.338 e. The Bertz CT molecular complexity index is 495. The number of carbonyl (C=O) groups excluding carboxylic acids is 1. The van der Waals surface area contributed by atoms with Gasteiger partial charge >= 0.3 is 5.97 Å². The molecule has 1 rings (SSSR count). The number of ether oxygens (including phenoxy) is 1. The van der Waals surface area contributed by atoms with E-state index in [1.807, 2.05) is 0 Å². The minimum Gasteiger partial charge on any atom is -0.467 e. The third-order valence-corrected chi connectivity index (χ3v) is 15.8. The predicted octanol–water partition coefficient (Wildman–Crippen LogP) is 4.86. The van der Waals surface area contributed by atoms with Gasteiger partial charge < -0.3 is 18.7 Å². The molecule has 5 nitrogen and oxygen atoms in total. The van der Waals surface area contributed by atoms with Crippen LogP contribution in [0.5, 0.6) is 0 Å². The Morgan fingerprint density at radius 3 is 1.48 bits per heavy atom. The van der Waals surface area contributed by atoms with Crippen LogP contribution in [0.15, 0.2) is 0 Å². The Kier molecular flexibility index (Phi) is 7.26. The molecule has 0 bridgehead atoms. The average molecular weight is 419 g/mol. The van der Waals surface area contributed by atoms with Gasteiger partial charge in [0.05, 0.1) is 19.3 Å². The van der Waals surface area contributed by atoms with Gasteiger partial charge in [0.25, 0.3) is 0 Å². The second kappa shape index (κ2) is 7.90. The molecule has 0 spiro atoms. The molecule has 0 radical (unpaired) electrons. The van der Waals surface area contributed by atoms with Crippen molar-refractivity contribution in [1.82, 2.24) is 0 Å². The lowest BCUT2D eigenvalue weighted by Gasteiger charge is -2.47. The van der Waals surface area contributed by atoms with Crippen LogP contribution in [0.2, 0.25) is 36.3 Å². The van der Waals surface area contributed by atoms with Gasteiger partial charge in [-0.25, -0.2) is 4.79 Å². The third-order valence-electron chi connectivity index (χ3n) is 6.76. The third kappa shape index (κ3) is 5.88. The second-order valence-electron chi connectivity index (χ2n) is 11.2. The highest BCUT2D eigenvalue weighted by Gasteiger charge is 2.51. The molecule has 0 aliphatic heterocycles. The quantitative estimate of drug-likeness (QED) is 0.510. The van der Waals surface area contributed by atoms with Gasteiger partial charge in [0.2, 0.25) is 0 Å². The van der Waals surface area contributed by atoms with Crippen LogP contribution in [0.4, 0.5) is 0 Å². The fourth-order valence-corrected chi connectivity index (χ4v) is 5.75. The van der Waals surface area contributed by atoms with Crippen LogP contribution in [-0.2, 0) is 18.4 Å². The highest BCUT2D eigenvalue weighted by molar-refractivity contribution is 6.74. The minimum atomic E-state index is -2.03. The Morgan fingerprint density at radius 1 is 0.889 bits per heavy atom. The van der Waals surface area contributed by atoms with Gasteiger partial charge in [0, 0.05) is 12.8 Å². The standard InChI is InChI=1S/C20H42O5Si2/c1-18(2,3)26(8,9)24-15-12-16(25-27(10,11)19(4,5)6)14-20(22,13-15)17(21)23-7/h15-16,22H,12-14H2,1-11H3. The van der Waals surface area contributed by atoms with Crippen molar-refractivity contribution in [3.8, 4) is 0 Å². The zero-order valence-electron chi connectivity index (χ0n) is 19.4. The van der Waals surface area contributed by atoms with Gasteiger partial charge in [-0.05, 0) is 42.7 Å². The van der Waals surface area contributed by atoms with E-state index in [1.54, 1.807) is 0 Å². The van der Waals surface area contributed by atoms with E-state index in [9.17, 15) is 9.90 Å². The second-order valence-corrected chi connectivity index (χ2v) is 20.7. The van der Waals surface area contributed by atoms with Crippen molar-refractivity contribution in [3.63, 3.8) is 0 Å². The molecule has 0 aromatic heterocycles. The fraction of sp³-hybridized carbons (Fsp3) is 0.950. The van der Waals surface area contributed by atoms with E-state index in [0.717, 1.165) is 0 Å². The first-order chi connectivity index (χ1) is 11.8. The van der Waals surface area contributed by atoms with E-state index in [4.69, 9.17) is 13.6 Å². The van der Waals surface area contributed by atoms with Crippen molar-refractivity contribution in [2.45, 2.75) is 115 Å². The SMILES string of the molecule is COC(=O)C1(O)CC(O[Si](C)(C)C(C)(C)C)CC(O[Si](C)(C)C(C)(C)C)C1. The van der Waals surface area contributed by atoms with Crippen LogP contribution >= 0.6 is 0 Å². The summed E-state index contributed by atoms with van der Waals surface area (Å²) >= 11 is 0. The molecule has 0 aromatic rings. The Balaban J connectivity index is 3.11. The van der Waals surface area contributed by atoms with Gasteiger partial charge in [0.15, 0.2) is 22.2 Å². The maximum absolute atomic E-state index is 12.3. The van der Waals surface area contributed by atoms with Crippen LogP contribution in [0.25, 0.3) is 0 Å². The molecule has 2 unspecified atom stereocenters. The number of aliphatic hydroxyl groups is 1. The van der Waals surface area contributed by atoms with Crippen LogP contribution < -0.4 is 0 Å². The summed E-state index contributed by atoms with van der Waals surface area (Å²) in [6, 6.07) is 0. The highest BCUT2D eigenvalue weighted by atomic mass is 28.4. The summed E-state index contributed by atoms with van der Waals surface area (Å²) in [5, 5.41) is 11.2. The zero-order valence-corrected chi connectivity index (χ0v) is 21.4.